The molecule has 4 bridgehead atoms. The first-order valence-electron chi connectivity index (χ1n) is 8.33. The van der Waals surface area contributed by atoms with Gasteiger partial charge in [0.05, 0.1) is 22.5 Å². The fraction of sp³-hybridized carbons (Fsp3) is 0.611. The van der Waals surface area contributed by atoms with Crippen LogP contribution in [0.25, 0.3) is 0 Å². The van der Waals surface area contributed by atoms with E-state index in [4.69, 9.17) is 4.18 Å². The van der Waals surface area contributed by atoms with Crippen LogP contribution in [0.1, 0.15) is 37.7 Å². The lowest BCUT2D eigenvalue weighted by atomic mass is 9.50. The van der Waals surface area contributed by atoms with Crippen molar-refractivity contribution in [3.8, 4) is 6.07 Å². The zero-order valence-electron chi connectivity index (χ0n) is 13.2. The van der Waals surface area contributed by atoms with E-state index >= 15 is 0 Å². The molecule has 0 aliphatic heterocycles. The molecule has 0 spiro atoms. The van der Waals surface area contributed by atoms with E-state index in [1.165, 1.54) is 0 Å². The molecule has 5 heteroatoms. The summed E-state index contributed by atoms with van der Waals surface area (Å²) in [5, 5.41) is 9.41. The van der Waals surface area contributed by atoms with E-state index in [-0.39, 0.29) is 10.8 Å². The minimum absolute atomic E-state index is 0.0883. The van der Waals surface area contributed by atoms with Crippen molar-refractivity contribution in [2.45, 2.75) is 49.5 Å². The summed E-state index contributed by atoms with van der Waals surface area (Å²) < 4.78 is 31.2. The van der Waals surface area contributed by atoms with Crippen LogP contribution in [-0.2, 0) is 14.3 Å². The second-order valence-electron chi connectivity index (χ2n) is 7.66. The van der Waals surface area contributed by atoms with Gasteiger partial charge in [0.15, 0.2) is 0 Å². The summed E-state index contributed by atoms with van der Waals surface area (Å²) in [6, 6.07) is 9.28. The molecule has 4 aliphatic rings. The largest absolute Gasteiger partial charge is 0.297 e. The molecule has 0 saturated heterocycles. The van der Waals surface area contributed by atoms with E-state index in [9.17, 15) is 13.7 Å². The number of hydrogen-bond acceptors (Lipinski definition) is 4. The van der Waals surface area contributed by atoms with Gasteiger partial charge in [-0.1, -0.05) is 17.7 Å². The lowest BCUT2D eigenvalue weighted by Gasteiger charge is -2.57. The Balaban J connectivity index is 1.62. The Hall–Kier alpha value is -1.38. The maximum atomic E-state index is 12.7. The van der Waals surface area contributed by atoms with E-state index in [0.29, 0.717) is 30.6 Å². The van der Waals surface area contributed by atoms with Crippen molar-refractivity contribution in [2.75, 3.05) is 0 Å². The first-order chi connectivity index (χ1) is 10.9. The number of rotatable bonds is 3. The van der Waals surface area contributed by atoms with Gasteiger partial charge in [0.2, 0.25) is 0 Å². The normalized spacial score (nSPS) is 38.4. The molecule has 4 fully saturated rings. The predicted molar refractivity (Wildman–Crippen MR) is 84.8 cm³/mol. The summed E-state index contributed by atoms with van der Waals surface area (Å²) in [6.07, 6.45) is 4.37. The molecule has 23 heavy (non-hydrogen) atoms. The van der Waals surface area contributed by atoms with Gasteiger partial charge in [-0.05, 0) is 68.9 Å². The zero-order chi connectivity index (χ0) is 16.2. The molecule has 1 aromatic carbocycles. The average Bonchev–Trinajstić information content (AvgIpc) is 2.45. The highest BCUT2D eigenvalue weighted by Gasteiger charge is 2.57. The smallest absolute Gasteiger partial charge is 0.260 e. The van der Waals surface area contributed by atoms with Crippen LogP contribution in [-0.4, -0.2) is 14.0 Å². The van der Waals surface area contributed by atoms with Crippen molar-refractivity contribution in [3.63, 3.8) is 0 Å². The summed E-state index contributed by atoms with van der Waals surface area (Å²) in [7, 11) is -3.75. The number of nitriles is 1. The van der Waals surface area contributed by atoms with Gasteiger partial charge in [0.25, 0.3) is 10.1 Å². The maximum absolute atomic E-state index is 12.7. The average molecular weight is 331 g/mol. The van der Waals surface area contributed by atoms with E-state index in [2.05, 4.69) is 6.07 Å². The Morgan fingerprint density at radius 1 is 1.13 bits per heavy atom. The van der Waals surface area contributed by atoms with Crippen LogP contribution in [0.4, 0.5) is 0 Å². The monoisotopic (exact) mass is 331 g/mol. The van der Waals surface area contributed by atoms with Crippen molar-refractivity contribution in [2.24, 2.45) is 23.7 Å². The summed E-state index contributed by atoms with van der Waals surface area (Å²) in [6.45, 7) is 1.93. The Labute approximate surface area is 137 Å². The first kappa shape index (κ1) is 15.2. The first-order valence-corrected chi connectivity index (χ1v) is 9.74. The Kier molecular flexibility index (Phi) is 3.33. The second-order valence-corrected chi connectivity index (χ2v) is 9.20. The molecule has 0 aromatic heterocycles. The molecule has 122 valence electrons. The van der Waals surface area contributed by atoms with E-state index in [1.54, 1.807) is 24.3 Å². The summed E-state index contributed by atoms with van der Waals surface area (Å²) in [4.78, 5) is 0.232. The molecule has 2 unspecified atom stereocenters. The number of aryl methyl sites for hydroxylation is 1. The predicted octanol–water partition coefficient (Wildman–Crippen LogP) is 3.42. The van der Waals surface area contributed by atoms with Crippen LogP contribution >= 0.6 is 0 Å². The molecule has 0 heterocycles. The number of nitrogens with zero attached hydrogens (tertiary/aromatic N) is 1. The standard InChI is InChI=1S/C18H21NO3S/c1-12-2-4-16(5-3-12)23(20,21)22-18-8-13-6-14(9-18)17(11-19)15(7-13)10-18/h2-5,13-15,17H,6-10H2,1H3. The maximum Gasteiger partial charge on any atom is 0.297 e. The lowest BCUT2D eigenvalue weighted by molar-refractivity contribution is -0.122. The molecular weight excluding hydrogens is 310 g/mol. The number of benzene rings is 1. The highest BCUT2D eigenvalue weighted by atomic mass is 32.2. The molecule has 0 amide bonds. The summed E-state index contributed by atoms with van der Waals surface area (Å²) >= 11 is 0. The molecule has 4 saturated carbocycles. The van der Waals surface area contributed by atoms with Gasteiger partial charge in [-0.2, -0.15) is 13.7 Å². The van der Waals surface area contributed by atoms with Gasteiger partial charge in [0, 0.05) is 0 Å². The van der Waals surface area contributed by atoms with Gasteiger partial charge in [0.1, 0.15) is 0 Å². The zero-order valence-corrected chi connectivity index (χ0v) is 14.1. The minimum atomic E-state index is -3.75. The van der Waals surface area contributed by atoms with Gasteiger partial charge in [-0.3, -0.25) is 4.18 Å². The van der Waals surface area contributed by atoms with Crippen LogP contribution in [0.3, 0.4) is 0 Å². The minimum Gasteiger partial charge on any atom is -0.260 e. The third-order valence-electron chi connectivity index (χ3n) is 5.96. The molecule has 4 aliphatic carbocycles. The Morgan fingerprint density at radius 2 is 1.74 bits per heavy atom. The fourth-order valence-corrected chi connectivity index (χ4v) is 6.48. The van der Waals surface area contributed by atoms with Crippen molar-refractivity contribution in [1.82, 2.24) is 0 Å². The van der Waals surface area contributed by atoms with Crippen molar-refractivity contribution >= 4 is 10.1 Å². The second kappa shape index (κ2) is 5.06. The van der Waals surface area contributed by atoms with Gasteiger partial charge in [-0.25, -0.2) is 0 Å². The van der Waals surface area contributed by atoms with Crippen LogP contribution in [0.15, 0.2) is 29.2 Å². The highest BCUT2D eigenvalue weighted by molar-refractivity contribution is 7.86. The Bertz CT molecular complexity index is 746. The third kappa shape index (κ3) is 2.49. The summed E-state index contributed by atoms with van der Waals surface area (Å²) in [5.41, 5.74) is 0.448. The highest BCUT2D eigenvalue weighted by Crippen LogP contribution is 2.59. The SMILES string of the molecule is Cc1ccc(S(=O)(=O)OC23CC4CC(C2)C(C#N)C(C4)C3)cc1. The molecule has 4 nitrogen and oxygen atoms in total. The van der Waals surface area contributed by atoms with Crippen LogP contribution in [0.5, 0.6) is 0 Å². The van der Waals surface area contributed by atoms with Gasteiger partial charge >= 0.3 is 0 Å². The molecule has 2 atom stereocenters. The van der Waals surface area contributed by atoms with Crippen LogP contribution in [0.2, 0.25) is 0 Å². The van der Waals surface area contributed by atoms with Gasteiger partial charge in [-0.15, -0.1) is 0 Å². The molecule has 0 radical (unpaired) electrons. The van der Waals surface area contributed by atoms with Crippen molar-refractivity contribution in [3.05, 3.63) is 29.8 Å². The molecule has 0 N–H and O–H groups in total. The van der Waals surface area contributed by atoms with E-state index in [1.807, 2.05) is 6.92 Å². The van der Waals surface area contributed by atoms with Crippen molar-refractivity contribution in [1.29, 1.82) is 5.26 Å². The van der Waals surface area contributed by atoms with E-state index < -0.39 is 15.7 Å². The molecule has 1 aromatic rings. The van der Waals surface area contributed by atoms with Crippen molar-refractivity contribution < 1.29 is 12.6 Å². The molecule has 5 rings (SSSR count). The lowest BCUT2D eigenvalue weighted by Crippen LogP contribution is -2.56. The fourth-order valence-electron chi connectivity index (χ4n) is 5.25. The number of hydrogen-bond donors (Lipinski definition) is 0. The van der Waals surface area contributed by atoms with Crippen LogP contribution < -0.4 is 0 Å². The summed E-state index contributed by atoms with van der Waals surface area (Å²) in [5.74, 6) is 1.22. The molecular formula is C18H21NO3S. The quantitative estimate of drug-likeness (QED) is 0.796. The Morgan fingerprint density at radius 3 is 2.30 bits per heavy atom. The van der Waals surface area contributed by atoms with Gasteiger partial charge < -0.3 is 0 Å². The topological polar surface area (TPSA) is 67.2 Å². The van der Waals surface area contributed by atoms with E-state index in [0.717, 1.165) is 24.8 Å². The van der Waals surface area contributed by atoms with Crippen LogP contribution in [0, 0.1) is 41.9 Å². The third-order valence-corrected chi connectivity index (χ3v) is 7.38.